The van der Waals surface area contributed by atoms with Crippen molar-refractivity contribution >= 4 is 39.0 Å². The summed E-state index contributed by atoms with van der Waals surface area (Å²) in [6.07, 6.45) is 0. The molecule has 15 heavy (non-hydrogen) atoms. The van der Waals surface area contributed by atoms with Gasteiger partial charge in [0.25, 0.3) is 5.69 Å². The lowest BCUT2D eigenvalue weighted by atomic mass is 10.1. The average molecular weight is 293 g/mol. The first-order chi connectivity index (χ1) is 6.93. The number of halogens is 2. The van der Waals surface area contributed by atoms with Crippen LogP contribution in [0.15, 0.2) is 22.7 Å². The van der Waals surface area contributed by atoms with Gasteiger partial charge >= 0.3 is 0 Å². The first kappa shape index (κ1) is 12.1. The van der Waals surface area contributed by atoms with E-state index < -0.39 is 10.3 Å². The number of benzene rings is 1. The number of nitro benzene ring substituents is 1. The molecule has 1 unspecified atom stereocenters. The van der Waals surface area contributed by atoms with Crippen LogP contribution in [0.5, 0.6) is 0 Å². The van der Waals surface area contributed by atoms with Gasteiger partial charge in [0.2, 0.25) is 0 Å². The van der Waals surface area contributed by atoms with Crippen molar-refractivity contribution < 1.29 is 9.72 Å². The van der Waals surface area contributed by atoms with E-state index >= 15 is 0 Å². The molecule has 0 heterocycles. The molecular formula is C9H7BrClNO3. The monoisotopic (exact) mass is 291 g/mol. The van der Waals surface area contributed by atoms with Gasteiger partial charge in [0.15, 0.2) is 5.78 Å². The van der Waals surface area contributed by atoms with Crippen LogP contribution in [0.25, 0.3) is 0 Å². The number of hydrogen-bond acceptors (Lipinski definition) is 3. The van der Waals surface area contributed by atoms with Crippen molar-refractivity contribution in [2.24, 2.45) is 0 Å². The molecule has 1 atom stereocenters. The van der Waals surface area contributed by atoms with Gasteiger partial charge in [-0.05, 0) is 34.5 Å². The molecule has 0 bridgehead atoms. The Kier molecular flexibility index (Phi) is 3.82. The smallest absolute Gasteiger partial charge is 0.283 e. The SMILES string of the molecule is CC(=O)C(Cl)c1ccc(Br)c([N+](=O)[O-])c1. The van der Waals surface area contributed by atoms with Crippen LogP contribution in [0.1, 0.15) is 17.9 Å². The van der Waals surface area contributed by atoms with Crippen molar-refractivity contribution in [3.8, 4) is 0 Å². The molecule has 0 radical (unpaired) electrons. The van der Waals surface area contributed by atoms with Crippen molar-refractivity contribution in [2.75, 3.05) is 0 Å². The lowest BCUT2D eigenvalue weighted by molar-refractivity contribution is -0.385. The van der Waals surface area contributed by atoms with Crippen LogP contribution >= 0.6 is 27.5 Å². The molecule has 1 rings (SSSR count). The quantitative estimate of drug-likeness (QED) is 0.488. The van der Waals surface area contributed by atoms with Gasteiger partial charge in [-0.2, -0.15) is 0 Å². The highest BCUT2D eigenvalue weighted by Gasteiger charge is 2.18. The highest BCUT2D eigenvalue weighted by molar-refractivity contribution is 9.10. The van der Waals surface area contributed by atoms with Crippen LogP contribution in [-0.2, 0) is 4.79 Å². The number of nitrogens with zero attached hydrogens (tertiary/aromatic N) is 1. The maximum Gasteiger partial charge on any atom is 0.283 e. The zero-order chi connectivity index (χ0) is 11.6. The maximum absolute atomic E-state index is 11.0. The first-order valence-electron chi connectivity index (χ1n) is 4.02. The number of alkyl halides is 1. The summed E-state index contributed by atoms with van der Waals surface area (Å²) in [5.41, 5.74) is 0.332. The minimum absolute atomic E-state index is 0.0978. The van der Waals surface area contributed by atoms with E-state index in [9.17, 15) is 14.9 Å². The minimum atomic E-state index is -0.836. The third kappa shape index (κ3) is 2.76. The summed E-state index contributed by atoms with van der Waals surface area (Å²) in [6.45, 7) is 1.34. The number of carbonyl (C=O) groups is 1. The van der Waals surface area contributed by atoms with Crippen LogP contribution < -0.4 is 0 Å². The second-order valence-corrected chi connectivity index (χ2v) is 4.23. The molecule has 0 saturated carbocycles. The Bertz CT molecular complexity index is 422. The van der Waals surface area contributed by atoms with Crippen LogP contribution in [0.3, 0.4) is 0 Å². The maximum atomic E-state index is 11.0. The van der Waals surface area contributed by atoms with Gasteiger partial charge in [-0.1, -0.05) is 6.07 Å². The minimum Gasteiger partial charge on any atom is -0.298 e. The molecule has 0 N–H and O–H groups in total. The third-order valence-corrected chi connectivity index (χ3v) is 3.05. The number of hydrogen-bond donors (Lipinski definition) is 0. The van der Waals surface area contributed by atoms with Crippen molar-refractivity contribution in [1.29, 1.82) is 0 Å². The standard InChI is InChI=1S/C9H7BrClNO3/c1-5(13)9(11)6-2-3-7(10)8(4-6)12(14)15/h2-4,9H,1H3. The molecule has 0 aliphatic heterocycles. The summed E-state index contributed by atoms with van der Waals surface area (Å²) < 4.78 is 0.365. The van der Waals surface area contributed by atoms with Gasteiger partial charge in [0, 0.05) is 6.07 Å². The Morgan fingerprint density at radius 1 is 1.60 bits per heavy atom. The van der Waals surface area contributed by atoms with Crippen molar-refractivity contribution in [3.63, 3.8) is 0 Å². The third-order valence-electron chi connectivity index (χ3n) is 1.82. The van der Waals surface area contributed by atoms with E-state index in [1.54, 1.807) is 6.07 Å². The van der Waals surface area contributed by atoms with Gasteiger partial charge in [0.05, 0.1) is 9.40 Å². The largest absolute Gasteiger partial charge is 0.298 e. The second kappa shape index (κ2) is 4.72. The summed E-state index contributed by atoms with van der Waals surface area (Å²) in [5.74, 6) is -0.242. The zero-order valence-corrected chi connectivity index (χ0v) is 10.1. The molecule has 6 heteroatoms. The van der Waals surface area contributed by atoms with E-state index in [0.29, 0.717) is 10.0 Å². The predicted octanol–water partition coefficient (Wildman–Crippen LogP) is 3.23. The molecule has 4 nitrogen and oxygen atoms in total. The second-order valence-electron chi connectivity index (χ2n) is 2.94. The molecule has 0 aliphatic carbocycles. The van der Waals surface area contributed by atoms with Crippen molar-refractivity contribution in [1.82, 2.24) is 0 Å². The molecule has 1 aromatic rings. The molecule has 0 aromatic heterocycles. The molecule has 0 saturated heterocycles. The summed E-state index contributed by atoms with van der Waals surface area (Å²) in [4.78, 5) is 21.1. The normalized spacial score (nSPS) is 12.2. The number of carbonyl (C=O) groups excluding carboxylic acids is 1. The van der Waals surface area contributed by atoms with Gasteiger partial charge in [-0.3, -0.25) is 14.9 Å². The Labute approximate surface area is 99.5 Å². The van der Waals surface area contributed by atoms with E-state index in [1.807, 2.05) is 0 Å². The molecular weight excluding hydrogens is 285 g/mol. The van der Waals surface area contributed by atoms with Gasteiger partial charge in [0.1, 0.15) is 5.38 Å². The highest BCUT2D eigenvalue weighted by Crippen LogP contribution is 2.30. The Hall–Kier alpha value is -0.940. The van der Waals surface area contributed by atoms with Crippen LogP contribution in [0, 0.1) is 10.1 Å². The molecule has 80 valence electrons. The lowest BCUT2D eigenvalue weighted by Crippen LogP contribution is -2.02. The van der Waals surface area contributed by atoms with Crippen molar-refractivity contribution in [2.45, 2.75) is 12.3 Å². The summed E-state index contributed by atoms with van der Waals surface area (Å²) in [7, 11) is 0. The van der Waals surface area contributed by atoms with Crippen LogP contribution in [0.2, 0.25) is 0 Å². The number of rotatable bonds is 3. The van der Waals surface area contributed by atoms with E-state index in [-0.39, 0.29) is 11.5 Å². The fourth-order valence-corrected chi connectivity index (χ4v) is 1.59. The summed E-state index contributed by atoms with van der Waals surface area (Å²) in [5, 5.41) is 9.78. The van der Waals surface area contributed by atoms with Gasteiger partial charge in [-0.25, -0.2) is 0 Å². The van der Waals surface area contributed by atoms with Gasteiger partial charge < -0.3 is 0 Å². The lowest BCUT2D eigenvalue weighted by Gasteiger charge is -2.05. The Morgan fingerprint density at radius 2 is 2.20 bits per heavy atom. The number of ketones is 1. The van der Waals surface area contributed by atoms with E-state index in [0.717, 1.165) is 0 Å². The number of nitro groups is 1. The summed E-state index contributed by atoms with van der Waals surface area (Å²) in [6, 6.07) is 4.38. The van der Waals surface area contributed by atoms with E-state index in [4.69, 9.17) is 11.6 Å². The van der Waals surface area contributed by atoms with Crippen LogP contribution in [-0.4, -0.2) is 10.7 Å². The average Bonchev–Trinajstić information content (AvgIpc) is 2.16. The Balaban J connectivity index is 3.18. The summed E-state index contributed by atoms with van der Waals surface area (Å²) >= 11 is 8.83. The first-order valence-corrected chi connectivity index (χ1v) is 5.24. The molecule has 0 spiro atoms. The molecule has 0 amide bonds. The van der Waals surface area contributed by atoms with E-state index in [1.165, 1.54) is 19.1 Å². The topological polar surface area (TPSA) is 60.2 Å². The van der Waals surface area contributed by atoms with Crippen LogP contribution in [0.4, 0.5) is 5.69 Å². The molecule has 1 aromatic carbocycles. The van der Waals surface area contributed by atoms with E-state index in [2.05, 4.69) is 15.9 Å². The fourth-order valence-electron chi connectivity index (χ4n) is 1.06. The molecule has 0 aliphatic rings. The Morgan fingerprint density at radius 3 is 2.67 bits per heavy atom. The predicted molar refractivity (Wildman–Crippen MR) is 60.1 cm³/mol. The highest BCUT2D eigenvalue weighted by atomic mass is 79.9. The zero-order valence-electron chi connectivity index (χ0n) is 7.74. The molecule has 0 fully saturated rings. The fraction of sp³-hybridized carbons (Fsp3) is 0.222. The van der Waals surface area contributed by atoms with Gasteiger partial charge in [-0.15, -0.1) is 11.6 Å². The van der Waals surface area contributed by atoms with Crippen molar-refractivity contribution in [3.05, 3.63) is 38.3 Å². The number of Topliss-reactive ketones (excluding diaryl/α,β-unsaturated/α-hetero) is 1.